The van der Waals surface area contributed by atoms with Gasteiger partial charge in [-0.2, -0.15) is 0 Å². The molecule has 0 atom stereocenters. The Hall–Kier alpha value is -3.22. The number of methoxy groups -OCH3 is 1. The molecule has 2 aromatic rings. The van der Waals surface area contributed by atoms with Crippen molar-refractivity contribution in [3.8, 4) is 11.1 Å². The summed E-state index contributed by atoms with van der Waals surface area (Å²) in [6.07, 6.45) is 2.65. The molecule has 0 spiro atoms. The minimum Gasteiger partial charge on any atom is -0.478 e. The summed E-state index contributed by atoms with van der Waals surface area (Å²) >= 11 is 0. The highest BCUT2D eigenvalue weighted by Gasteiger charge is 2.20. The number of hydrogen-bond donors (Lipinski definition) is 2. The van der Waals surface area contributed by atoms with Gasteiger partial charge in [-0.15, -0.1) is 0 Å². The quantitative estimate of drug-likeness (QED) is 0.771. The number of amides is 1. The fourth-order valence-electron chi connectivity index (χ4n) is 2.40. The lowest BCUT2D eigenvalue weighted by Crippen LogP contribution is -2.27. The summed E-state index contributed by atoms with van der Waals surface area (Å²) < 4.78 is 4.80. The van der Waals surface area contributed by atoms with E-state index >= 15 is 0 Å². The number of carbonyl (C=O) groups excluding carboxylic acids is 2. The fraction of sp³-hybridized carbons (Fsp3) is 0.263. The summed E-state index contributed by atoms with van der Waals surface area (Å²) in [7, 11) is 1.22. The average molecular weight is 356 g/mol. The zero-order valence-electron chi connectivity index (χ0n) is 14.8. The van der Waals surface area contributed by atoms with Crippen LogP contribution in [0.4, 0.5) is 0 Å². The molecule has 0 aliphatic rings. The molecule has 1 aromatic carbocycles. The number of nitrogens with zero attached hydrogens (tertiary/aromatic N) is 1. The predicted molar refractivity (Wildman–Crippen MR) is 95.1 cm³/mol. The first-order valence-corrected chi connectivity index (χ1v) is 8.03. The molecule has 0 radical (unpaired) electrons. The van der Waals surface area contributed by atoms with Crippen molar-refractivity contribution >= 4 is 17.8 Å². The number of rotatable bonds is 6. The second-order valence-corrected chi connectivity index (χ2v) is 6.08. The highest BCUT2D eigenvalue weighted by atomic mass is 16.5. The molecule has 2 N–H and O–H groups in total. The second kappa shape index (κ2) is 8.24. The van der Waals surface area contributed by atoms with Crippen LogP contribution in [0.25, 0.3) is 11.1 Å². The van der Waals surface area contributed by atoms with E-state index in [0.717, 1.165) is 0 Å². The Morgan fingerprint density at radius 1 is 1.15 bits per heavy atom. The van der Waals surface area contributed by atoms with E-state index in [2.05, 4.69) is 10.3 Å². The van der Waals surface area contributed by atoms with Gasteiger partial charge in [0.1, 0.15) is 0 Å². The minimum atomic E-state index is -1.16. The van der Waals surface area contributed by atoms with Crippen LogP contribution in [0.2, 0.25) is 0 Å². The number of pyridine rings is 1. The van der Waals surface area contributed by atoms with Crippen LogP contribution in [-0.4, -0.2) is 41.6 Å². The van der Waals surface area contributed by atoms with Crippen LogP contribution in [0.5, 0.6) is 0 Å². The van der Waals surface area contributed by atoms with Crippen molar-refractivity contribution in [2.24, 2.45) is 5.92 Å². The normalized spacial score (nSPS) is 10.5. The van der Waals surface area contributed by atoms with Gasteiger partial charge in [-0.3, -0.25) is 9.78 Å². The van der Waals surface area contributed by atoms with Gasteiger partial charge in [-0.05, 0) is 29.7 Å². The van der Waals surface area contributed by atoms with E-state index in [1.54, 1.807) is 6.07 Å². The lowest BCUT2D eigenvalue weighted by molar-refractivity contribution is 0.0600. The molecule has 2 rings (SSSR count). The number of ether oxygens (including phenoxy) is 1. The highest BCUT2D eigenvalue weighted by Crippen LogP contribution is 2.28. The van der Waals surface area contributed by atoms with Crippen LogP contribution in [0.1, 0.15) is 44.9 Å². The van der Waals surface area contributed by atoms with Crippen molar-refractivity contribution in [2.45, 2.75) is 13.8 Å². The van der Waals surface area contributed by atoms with Crippen LogP contribution in [0.3, 0.4) is 0 Å². The molecule has 0 saturated carbocycles. The molecular weight excluding hydrogens is 336 g/mol. The molecule has 136 valence electrons. The number of nitrogens with one attached hydrogen (secondary N) is 1. The van der Waals surface area contributed by atoms with E-state index in [0.29, 0.717) is 23.2 Å². The average Bonchev–Trinajstić information content (AvgIpc) is 2.64. The molecule has 7 heteroatoms. The monoisotopic (exact) mass is 356 g/mol. The molecule has 0 saturated heterocycles. The van der Waals surface area contributed by atoms with Crippen molar-refractivity contribution in [3.05, 3.63) is 53.3 Å². The first-order chi connectivity index (χ1) is 12.3. The Kier molecular flexibility index (Phi) is 6.06. The maximum absolute atomic E-state index is 12.3. The number of carbonyl (C=O) groups is 3. The van der Waals surface area contributed by atoms with Gasteiger partial charge in [0.2, 0.25) is 0 Å². The Labute approximate surface area is 151 Å². The van der Waals surface area contributed by atoms with Gasteiger partial charge >= 0.3 is 11.9 Å². The summed E-state index contributed by atoms with van der Waals surface area (Å²) in [5.41, 5.74) is 1.04. The van der Waals surface area contributed by atoms with E-state index in [1.165, 1.54) is 37.7 Å². The molecule has 1 amide bonds. The van der Waals surface area contributed by atoms with Gasteiger partial charge in [0, 0.05) is 30.1 Å². The van der Waals surface area contributed by atoms with Gasteiger partial charge < -0.3 is 15.2 Å². The lowest BCUT2D eigenvalue weighted by Gasteiger charge is -2.13. The van der Waals surface area contributed by atoms with Crippen LogP contribution in [0.15, 0.2) is 36.7 Å². The molecule has 7 nitrogen and oxygen atoms in total. The van der Waals surface area contributed by atoms with Crippen LogP contribution in [-0.2, 0) is 4.74 Å². The zero-order chi connectivity index (χ0) is 19.3. The maximum Gasteiger partial charge on any atom is 0.338 e. The molecule has 0 bridgehead atoms. The van der Waals surface area contributed by atoms with Gasteiger partial charge in [0.15, 0.2) is 0 Å². The standard InChI is InChI=1S/C19H20N2O5/c1-11(2)9-21-17(22)12-4-5-13(15(8-12)19(25)26-3)14-6-7-20-10-16(14)18(23)24/h4-8,10-11H,9H2,1-3H3,(H,21,22)(H,23,24). The Bertz CT molecular complexity index is 846. The first kappa shape index (κ1) is 19.1. The molecule has 1 aromatic heterocycles. The van der Waals surface area contributed by atoms with E-state index in [-0.39, 0.29) is 23.0 Å². The molecule has 26 heavy (non-hydrogen) atoms. The summed E-state index contributed by atoms with van der Waals surface area (Å²) in [6, 6.07) is 5.99. The summed E-state index contributed by atoms with van der Waals surface area (Å²) in [5.74, 6) is -1.86. The van der Waals surface area contributed by atoms with Crippen molar-refractivity contribution in [1.82, 2.24) is 10.3 Å². The van der Waals surface area contributed by atoms with E-state index in [1.807, 2.05) is 13.8 Å². The fourth-order valence-corrected chi connectivity index (χ4v) is 2.40. The van der Waals surface area contributed by atoms with Gasteiger partial charge in [0.05, 0.1) is 18.2 Å². The molecule has 0 unspecified atom stereocenters. The second-order valence-electron chi connectivity index (χ2n) is 6.08. The largest absolute Gasteiger partial charge is 0.478 e. The topological polar surface area (TPSA) is 106 Å². The summed E-state index contributed by atoms with van der Waals surface area (Å²) in [6.45, 7) is 4.45. The number of carboxylic acids is 1. The molecular formula is C19H20N2O5. The van der Waals surface area contributed by atoms with Gasteiger partial charge in [0.25, 0.3) is 5.91 Å². The highest BCUT2D eigenvalue weighted by molar-refractivity contribution is 6.05. The number of esters is 1. The minimum absolute atomic E-state index is 0.0466. The third-order valence-electron chi connectivity index (χ3n) is 3.70. The van der Waals surface area contributed by atoms with Crippen LogP contribution >= 0.6 is 0 Å². The third-order valence-corrected chi connectivity index (χ3v) is 3.70. The Morgan fingerprint density at radius 2 is 1.85 bits per heavy atom. The molecule has 0 aliphatic carbocycles. The number of benzene rings is 1. The predicted octanol–water partition coefficient (Wildman–Crippen LogP) is 2.62. The zero-order valence-corrected chi connectivity index (χ0v) is 14.8. The number of aromatic carboxylic acids is 1. The van der Waals surface area contributed by atoms with E-state index in [9.17, 15) is 19.5 Å². The Morgan fingerprint density at radius 3 is 2.46 bits per heavy atom. The first-order valence-electron chi connectivity index (χ1n) is 8.03. The van der Waals surface area contributed by atoms with Crippen LogP contribution in [0, 0.1) is 5.92 Å². The van der Waals surface area contributed by atoms with Gasteiger partial charge in [-0.1, -0.05) is 19.9 Å². The maximum atomic E-state index is 12.3. The third kappa shape index (κ3) is 4.24. The van der Waals surface area contributed by atoms with Crippen molar-refractivity contribution < 1.29 is 24.2 Å². The van der Waals surface area contributed by atoms with Crippen molar-refractivity contribution in [3.63, 3.8) is 0 Å². The number of aromatic nitrogens is 1. The summed E-state index contributed by atoms with van der Waals surface area (Å²) in [4.78, 5) is 39.7. The molecule has 1 heterocycles. The smallest absolute Gasteiger partial charge is 0.338 e. The lowest BCUT2D eigenvalue weighted by atomic mass is 9.95. The van der Waals surface area contributed by atoms with E-state index < -0.39 is 11.9 Å². The van der Waals surface area contributed by atoms with E-state index in [4.69, 9.17) is 4.74 Å². The molecule has 0 fully saturated rings. The number of carboxylic acid groups (broad SMARTS) is 1. The van der Waals surface area contributed by atoms with Crippen molar-refractivity contribution in [1.29, 1.82) is 0 Å². The number of hydrogen-bond acceptors (Lipinski definition) is 5. The SMILES string of the molecule is COC(=O)c1cc(C(=O)NCC(C)C)ccc1-c1ccncc1C(=O)O. The summed E-state index contributed by atoms with van der Waals surface area (Å²) in [5, 5.41) is 12.1. The van der Waals surface area contributed by atoms with Gasteiger partial charge in [-0.25, -0.2) is 9.59 Å². The van der Waals surface area contributed by atoms with Crippen LogP contribution < -0.4 is 5.32 Å². The Balaban J connectivity index is 2.53. The van der Waals surface area contributed by atoms with Crippen molar-refractivity contribution in [2.75, 3.05) is 13.7 Å². The molecule has 0 aliphatic heterocycles.